The van der Waals surface area contributed by atoms with Crippen molar-refractivity contribution >= 4 is 0 Å². The Morgan fingerprint density at radius 1 is 1.11 bits per heavy atom. The molecule has 1 N–H and O–H groups in total. The van der Waals surface area contributed by atoms with E-state index in [0.717, 1.165) is 24.2 Å². The highest BCUT2D eigenvalue weighted by Crippen LogP contribution is 2.35. The van der Waals surface area contributed by atoms with E-state index in [2.05, 4.69) is 29.1 Å². The van der Waals surface area contributed by atoms with E-state index in [1.807, 2.05) is 0 Å². The van der Waals surface area contributed by atoms with Gasteiger partial charge in [0.05, 0.1) is 0 Å². The summed E-state index contributed by atoms with van der Waals surface area (Å²) < 4.78 is 0. The molecule has 1 saturated carbocycles. The maximum absolute atomic E-state index is 3.75. The number of nitrogens with zero attached hydrogens (tertiary/aromatic N) is 2. The van der Waals surface area contributed by atoms with E-state index in [4.69, 9.17) is 0 Å². The minimum absolute atomic E-state index is 0.801. The fourth-order valence-electron chi connectivity index (χ4n) is 4.13. The van der Waals surface area contributed by atoms with Crippen molar-refractivity contribution in [2.24, 2.45) is 0 Å². The third kappa shape index (κ3) is 3.32. The molecule has 2 aliphatic heterocycles. The van der Waals surface area contributed by atoms with E-state index in [1.165, 1.54) is 64.6 Å². The Kier molecular flexibility index (Phi) is 4.45. The van der Waals surface area contributed by atoms with E-state index in [0.29, 0.717) is 0 Å². The van der Waals surface area contributed by atoms with Crippen molar-refractivity contribution in [3.05, 3.63) is 0 Å². The van der Waals surface area contributed by atoms with Gasteiger partial charge < -0.3 is 10.2 Å². The first kappa shape index (κ1) is 13.8. The van der Waals surface area contributed by atoms with Gasteiger partial charge in [-0.05, 0) is 58.5 Å². The quantitative estimate of drug-likeness (QED) is 0.760. The predicted molar refractivity (Wildman–Crippen MR) is 80.5 cm³/mol. The molecule has 3 nitrogen and oxygen atoms in total. The lowest BCUT2D eigenvalue weighted by Crippen LogP contribution is -2.51. The van der Waals surface area contributed by atoms with Gasteiger partial charge in [0.25, 0.3) is 0 Å². The molecule has 110 valence electrons. The summed E-state index contributed by atoms with van der Waals surface area (Å²) in [6.45, 7) is 6.06. The van der Waals surface area contributed by atoms with Crippen LogP contribution in [0.4, 0.5) is 0 Å². The standard InChI is InChI=1S/C16H31N3/c1-3-8-17-13-11-15-6-7-16(12-13)19(15)10-9-18(2)14-4-5-14/h13-17H,3-12H2,1-2H3. The minimum atomic E-state index is 0.801. The molecule has 2 heterocycles. The van der Waals surface area contributed by atoms with Crippen LogP contribution in [0.3, 0.4) is 0 Å². The second kappa shape index (κ2) is 6.11. The van der Waals surface area contributed by atoms with Crippen LogP contribution in [0.5, 0.6) is 0 Å². The van der Waals surface area contributed by atoms with Crippen LogP contribution >= 0.6 is 0 Å². The molecule has 0 aromatic rings. The highest BCUT2D eigenvalue weighted by atomic mass is 15.3. The van der Waals surface area contributed by atoms with Gasteiger partial charge >= 0.3 is 0 Å². The number of piperidine rings is 1. The van der Waals surface area contributed by atoms with Gasteiger partial charge in [0.2, 0.25) is 0 Å². The summed E-state index contributed by atoms with van der Waals surface area (Å²) in [4.78, 5) is 5.42. The van der Waals surface area contributed by atoms with Crippen molar-refractivity contribution in [2.75, 3.05) is 26.7 Å². The van der Waals surface area contributed by atoms with Crippen molar-refractivity contribution < 1.29 is 0 Å². The van der Waals surface area contributed by atoms with Gasteiger partial charge in [-0.2, -0.15) is 0 Å². The molecule has 1 aliphatic carbocycles. The van der Waals surface area contributed by atoms with E-state index >= 15 is 0 Å². The van der Waals surface area contributed by atoms with Crippen LogP contribution in [-0.4, -0.2) is 60.6 Å². The molecule has 0 amide bonds. The Bertz CT molecular complexity index is 276. The van der Waals surface area contributed by atoms with Gasteiger partial charge in [0, 0.05) is 37.3 Å². The van der Waals surface area contributed by atoms with Crippen LogP contribution in [0.25, 0.3) is 0 Å². The molecule has 0 radical (unpaired) electrons. The number of hydrogen-bond acceptors (Lipinski definition) is 3. The average molecular weight is 265 g/mol. The number of likely N-dealkylation sites (N-methyl/N-ethyl adjacent to an activating group) is 1. The monoisotopic (exact) mass is 265 g/mol. The lowest BCUT2D eigenvalue weighted by atomic mass is 9.97. The third-order valence-corrected chi connectivity index (χ3v) is 5.45. The second-order valence-corrected chi connectivity index (χ2v) is 6.96. The first-order valence-electron chi connectivity index (χ1n) is 8.47. The maximum atomic E-state index is 3.75. The largest absolute Gasteiger partial charge is 0.314 e. The van der Waals surface area contributed by atoms with Crippen molar-refractivity contribution in [1.29, 1.82) is 0 Å². The molecule has 0 aromatic carbocycles. The fourth-order valence-corrected chi connectivity index (χ4v) is 4.13. The summed E-state index contributed by atoms with van der Waals surface area (Å²) in [6, 6.07) is 3.47. The van der Waals surface area contributed by atoms with E-state index < -0.39 is 0 Å². The van der Waals surface area contributed by atoms with E-state index in [9.17, 15) is 0 Å². The normalized spacial score (nSPS) is 35.2. The molecule has 3 aliphatic rings. The molecule has 0 spiro atoms. The SMILES string of the molecule is CCCNC1CC2CCC(C1)N2CCN(C)C1CC1. The highest BCUT2D eigenvalue weighted by molar-refractivity contribution is 4.98. The molecule has 2 bridgehead atoms. The Balaban J connectivity index is 1.45. The summed E-state index contributed by atoms with van der Waals surface area (Å²) in [5.41, 5.74) is 0. The van der Waals surface area contributed by atoms with Crippen molar-refractivity contribution in [1.82, 2.24) is 15.1 Å². The van der Waals surface area contributed by atoms with Gasteiger partial charge in [0.15, 0.2) is 0 Å². The molecule has 3 heteroatoms. The highest BCUT2D eigenvalue weighted by Gasteiger charge is 2.40. The van der Waals surface area contributed by atoms with Crippen LogP contribution in [-0.2, 0) is 0 Å². The Hall–Kier alpha value is -0.120. The van der Waals surface area contributed by atoms with Crippen LogP contribution in [0, 0.1) is 0 Å². The number of hydrogen-bond donors (Lipinski definition) is 1. The number of nitrogens with one attached hydrogen (secondary N) is 1. The van der Waals surface area contributed by atoms with E-state index in [-0.39, 0.29) is 0 Å². The molecule has 0 aromatic heterocycles. The van der Waals surface area contributed by atoms with Crippen LogP contribution in [0.15, 0.2) is 0 Å². The van der Waals surface area contributed by atoms with Crippen LogP contribution < -0.4 is 5.32 Å². The second-order valence-electron chi connectivity index (χ2n) is 6.96. The smallest absolute Gasteiger partial charge is 0.0115 e. The topological polar surface area (TPSA) is 18.5 Å². The number of rotatable bonds is 7. The molecular weight excluding hydrogens is 234 g/mol. The van der Waals surface area contributed by atoms with Crippen molar-refractivity contribution in [3.63, 3.8) is 0 Å². The Morgan fingerprint density at radius 2 is 1.79 bits per heavy atom. The van der Waals surface area contributed by atoms with E-state index in [1.54, 1.807) is 0 Å². The summed E-state index contributed by atoms with van der Waals surface area (Å²) in [5.74, 6) is 0. The third-order valence-electron chi connectivity index (χ3n) is 5.45. The zero-order valence-corrected chi connectivity index (χ0v) is 12.8. The van der Waals surface area contributed by atoms with Crippen molar-refractivity contribution in [3.8, 4) is 0 Å². The average Bonchev–Trinajstić information content (AvgIpc) is 3.21. The molecule has 2 atom stereocenters. The predicted octanol–water partition coefficient (Wildman–Crippen LogP) is 2.08. The molecule has 2 unspecified atom stereocenters. The first-order valence-corrected chi connectivity index (χ1v) is 8.47. The molecule has 3 rings (SSSR count). The lowest BCUT2D eigenvalue weighted by Gasteiger charge is -2.40. The summed E-state index contributed by atoms with van der Waals surface area (Å²) in [7, 11) is 2.31. The Labute approximate surface area is 118 Å². The van der Waals surface area contributed by atoms with Gasteiger partial charge in [0.1, 0.15) is 0 Å². The first-order chi connectivity index (χ1) is 9.28. The fraction of sp³-hybridized carbons (Fsp3) is 1.00. The maximum Gasteiger partial charge on any atom is 0.0115 e. The molecule has 2 saturated heterocycles. The molecule has 19 heavy (non-hydrogen) atoms. The lowest BCUT2D eigenvalue weighted by molar-refractivity contribution is 0.104. The van der Waals surface area contributed by atoms with Gasteiger partial charge in [-0.3, -0.25) is 4.90 Å². The summed E-state index contributed by atoms with van der Waals surface area (Å²) >= 11 is 0. The zero-order chi connectivity index (χ0) is 13.2. The van der Waals surface area contributed by atoms with Crippen LogP contribution in [0.2, 0.25) is 0 Å². The van der Waals surface area contributed by atoms with Crippen LogP contribution in [0.1, 0.15) is 51.9 Å². The van der Waals surface area contributed by atoms with Gasteiger partial charge in [-0.15, -0.1) is 0 Å². The molecule has 3 fully saturated rings. The zero-order valence-electron chi connectivity index (χ0n) is 12.8. The molecular formula is C16H31N3. The Morgan fingerprint density at radius 3 is 2.37 bits per heavy atom. The number of fused-ring (bicyclic) bond motifs is 2. The van der Waals surface area contributed by atoms with Gasteiger partial charge in [-0.1, -0.05) is 6.92 Å². The van der Waals surface area contributed by atoms with Crippen molar-refractivity contribution in [2.45, 2.75) is 76.0 Å². The minimum Gasteiger partial charge on any atom is -0.314 e. The van der Waals surface area contributed by atoms with Gasteiger partial charge in [-0.25, -0.2) is 0 Å². The summed E-state index contributed by atoms with van der Waals surface area (Å²) in [6.07, 6.45) is 9.82. The summed E-state index contributed by atoms with van der Waals surface area (Å²) in [5, 5.41) is 3.75.